The maximum absolute atomic E-state index is 11.6. The number of aromatic carboxylic acids is 1. The second kappa shape index (κ2) is 5.72. The van der Waals surface area contributed by atoms with Gasteiger partial charge in [-0.25, -0.2) is 4.79 Å². The first kappa shape index (κ1) is 14.3. The number of hydrogen-bond acceptors (Lipinski definition) is 3. The van der Waals surface area contributed by atoms with Gasteiger partial charge < -0.3 is 9.84 Å². The van der Waals surface area contributed by atoms with E-state index in [1.54, 1.807) is 6.92 Å². The molecule has 1 aromatic rings. The van der Waals surface area contributed by atoms with E-state index in [4.69, 9.17) is 9.84 Å². The summed E-state index contributed by atoms with van der Waals surface area (Å²) in [5, 5.41) is 8.77. The van der Waals surface area contributed by atoms with Crippen LogP contribution in [0.4, 0.5) is 13.2 Å². The fourth-order valence-electron chi connectivity index (χ4n) is 1.28. The molecule has 0 radical (unpaired) electrons. The Balaban J connectivity index is 2.49. The molecule has 18 heavy (non-hydrogen) atoms. The summed E-state index contributed by atoms with van der Waals surface area (Å²) in [4.78, 5) is 10.7. The van der Waals surface area contributed by atoms with Gasteiger partial charge in [0.1, 0.15) is 12.4 Å². The largest absolute Gasteiger partial charge is 0.522 e. The summed E-state index contributed by atoms with van der Waals surface area (Å²) >= 11 is 0. The van der Waals surface area contributed by atoms with E-state index in [0.29, 0.717) is 11.3 Å². The van der Waals surface area contributed by atoms with Gasteiger partial charge in [-0.3, -0.25) is 4.74 Å². The minimum Gasteiger partial charge on any atom is -0.491 e. The topological polar surface area (TPSA) is 55.8 Å². The van der Waals surface area contributed by atoms with Gasteiger partial charge in [0.25, 0.3) is 0 Å². The standard InChI is InChI=1S/C11H11F3O4/c1-7-6-8(2-3-9(7)10(15)16)17-4-5-18-11(12,13)14/h2-3,6H,4-5H2,1H3,(H,15,16). The highest BCUT2D eigenvalue weighted by Gasteiger charge is 2.28. The highest BCUT2D eigenvalue weighted by atomic mass is 19.4. The molecule has 1 N–H and O–H groups in total. The van der Waals surface area contributed by atoms with Gasteiger partial charge in [0.05, 0.1) is 12.2 Å². The monoisotopic (exact) mass is 264 g/mol. The van der Waals surface area contributed by atoms with Gasteiger partial charge in [0, 0.05) is 0 Å². The molecule has 0 aromatic heterocycles. The second-order valence-electron chi connectivity index (χ2n) is 3.42. The Morgan fingerprint density at radius 1 is 1.33 bits per heavy atom. The fraction of sp³-hybridized carbons (Fsp3) is 0.364. The lowest BCUT2D eigenvalue weighted by atomic mass is 10.1. The molecule has 100 valence electrons. The maximum atomic E-state index is 11.6. The Morgan fingerprint density at radius 2 is 2.00 bits per heavy atom. The Morgan fingerprint density at radius 3 is 2.50 bits per heavy atom. The molecule has 0 aliphatic carbocycles. The number of carboxylic acids is 1. The van der Waals surface area contributed by atoms with Crippen molar-refractivity contribution in [3.05, 3.63) is 29.3 Å². The molecular formula is C11H11F3O4. The normalized spacial score (nSPS) is 11.3. The van der Waals surface area contributed by atoms with Crippen LogP contribution in [0, 0.1) is 6.92 Å². The fourth-order valence-corrected chi connectivity index (χ4v) is 1.28. The van der Waals surface area contributed by atoms with Crippen molar-refractivity contribution in [1.82, 2.24) is 0 Å². The van der Waals surface area contributed by atoms with Crippen molar-refractivity contribution in [2.24, 2.45) is 0 Å². The third-order valence-corrected chi connectivity index (χ3v) is 2.05. The van der Waals surface area contributed by atoms with Crippen LogP contribution in [-0.2, 0) is 4.74 Å². The van der Waals surface area contributed by atoms with E-state index in [1.165, 1.54) is 18.2 Å². The summed E-state index contributed by atoms with van der Waals surface area (Å²) in [7, 11) is 0. The number of hydrogen-bond donors (Lipinski definition) is 1. The van der Waals surface area contributed by atoms with Gasteiger partial charge in [-0.1, -0.05) is 0 Å². The first-order valence-corrected chi connectivity index (χ1v) is 4.97. The zero-order valence-corrected chi connectivity index (χ0v) is 9.45. The molecular weight excluding hydrogens is 253 g/mol. The number of rotatable bonds is 5. The number of ether oxygens (including phenoxy) is 2. The van der Waals surface area contributed by atoms with Crippen LogP contribution in [0.15, 0.2) is 18.2 Å². The molecule has 0 heterocycles. The number of carbonyl (C=O) groups is 1. The van der Waals surface area contributed by atoms with Gasteiger partial charge in [0.15, 0.2) is 0 Å². The number of halogens is 3. The molecule has 0 unspecified atom stereocenters. The van der Waals surface area contributed by atoms with Gasteiger partial charge >= 0.3 is 12.3 Å². The van der Waals surface area contributed by atoms with Crippen molar-refractivity contribution in [3.63, 3.8) is 0 Å². The molecule has 0 bridgehead atoms. The highest BCUT2D eigenvalue weighted by Crippen LogP contribution is 2.18. The summed E-state index contributed by atoms with van der Waals surface area (Å²) < 4.78 is 43.5. The zero-order valence-electron chi connectivity index (χ0n) is 9.45. The number of aryl methyl sites for hydroxylation is 1. The quantitative estimate of drug-likeness (QED) is 0.830. The summed E-state index contributed by atoms with van der Waals surface area (Å²) in [6.07, 6.45) is -4.67. The Bertz CT molecular complexity index is 429. The molecule has 7 heteroatoms. The maximum Gasteiger partial charge on any atom is 0.522 e. The van der Waals surface area contributed by atoms with Crippen LogP contribution in [0.25, 0.3) is 0 Å². The van der Waals surface area contributed by atoms with Gasteiger partial charge in [-0.2, -0.15) is 0 Å². The average Bonchev–Trinajstić information content (AvgIpc) is 2.22. The Hall–Kier alpha value is -1.76. The molecule has 0 atom stereocenters. The van der Waals surface area contributed by atoms with Crippen LogP contribution >= 0.6 is 0 Å². The average molecular weight is 264 g/mol. The van der Waals surface area contributed by atoms with Crippen LogP contribution in [0.2, 0.25) is 0 Å². The number of alkyl halides is 3. The lowest BCUT2D eigenvalue weighted by Gasteiger charge is -2.10. The lowest BCUT2D eigenvalue weighted by Crippen LogP contribution is -2.18. The lowest BCUT2D eigenvalue weighted by molar-refractivity contribution is -0.325. The third kappa shape index (κ3) is 4.62. The second-order valence-corrected chi connectivity index (χ2v) is 3.42. The molecule has 0 saturated carbocycles. The molecule has 0 aliphatic heterocycles. The van der Waals surface area contributed by atoms with E-state index >= 15 is 0 Å². The smallest absolute Gasteiger partial charge is 0.491 e. The molecule has 0 aliphatic rings. The molecule has 0 saturated heterocycles. The minimum atomic E-state index is -4.67. The summed E-state index contributed by atoms with van der Waals surface area (Å²) in [5.41, 5.74) is 0.589. The first-order chi connectivity index (χ1) is 8.29. The van der Waals surface area contributed by atoms with E-state index in [0.717, 1.165) is 0 Å². The SMILES string of the molecule is Cc1cc(OCCOC(F)(F)F)ccc1C(=O)O. The van der Waals surface area contributed by atoms with Crippen molar-refractivity contribution >= 4 is 5.97 Å². The van der Waals surface area contributed by atoms with Gasteiger partial charge in [0.2, 0.25) is 0 Å². The van der Waals surface area contributed by atoms with Crippen molar-refractivity contribution in [1.29, 1.82) is 0 Å². The molecule has 0 amide bonds. The first-order valence-electron chi connectivity index (χ1n) is 4.97. The van der Waals surface area contributed by atoms with Crippen molar-refractivity contribution in [2.75, 3.05) is 13.2 Å². The van der Waals surface area contributed by atoms with E-state index in [1.807, 2.05) is 0 Å². The number of carboxylic acid groups (broad SMARTS) is 1. The Kier molecular flexibility index (Phi) is 4.55. The predicted molar refractivity (Wildman–Crippen MR) is 55.6 cm³/mol. The van der Waals surface area contributed by atoms with Crippen molar-refractivity contribution < 1.29 is 32.5 Å². The van der Waals surface area contributed by atoms with Crippen LogP contribution in [-0.4, -0.2) is 30.7 Å². The third-order valence-electron chi connectivity index (χ3n) is 2.05. The highest BCUT2D eigenvalue weighted by molar-refractivity contribution is 5.89. The van der Waals surface area contributed by atoms with E-state index < -0.39 is 18.9 Å². The van der Waals surface area contributed by atoms with E-state index in [9.17, 15) is 18.0 Å². The zero-order chi connectivity index (χ0) is 13.8. The number of benzene rings is 1. The van der Waals surface area contributed by atoms with Gasteiger partial charge in [-0.05, 0) is 30.7 Å². The van der Waals surface area contributed by atoms with Crippen LogP contribution in [0.3, 0.4) is 0 Å². The Labute approximate surface area is 101 Å². The summed E-state index contributed by atoms with van der Waals surface area (Å²) in [6.45, 7) is 0.678. The van der Waals surface area contributed by atoms with E-state index in [-0.39, 0.29) is 12.2 Å². The summed E-state index contributed by atoms with van der Waals surface area (Å²) in [5.74, 6) is -0.775. The summed E-state index contributed by atoms with van der Waals surface area (Å²) in [6, 6.07) is 4.15. The van der Waals surface area contributed by atoms with Gasteiger partial charge in [-0.15, -0.1) is 13.2 Å². The van der Waals surface area contributed by atoms with Crippen LogP contribution in [0.5, 0.6) is 5.75 Å². The van der Waals surface area contributed by atoms with Crippen molar-refractivity contribution in [2.45, 2.75) is 13.3 Å². The molecule has 1 rings (SSSR count). The van der Waals surface area contributed by atoms with Crippen LogP contribution in [0.1, 0.15) is 15.9 Å². The molecule has 0 fully saturated rings. The minimum absolute atomic E-state index is 0.119. The predicted octanol–water partition coefficient (Wildman–Crippen LogP) is 2.61. The van der Waals surface area contributed by atoms with Crippen LogP contribution < -0.4 is 4.74 Å². The molecule has 4 nitrogen and oxygen atoms in total. The molecule has 1 aromatic carbocycles. The molecule has 0 spiro atoms. The van der Waals surface area contributed by atoms with E-state index in [2.05, 4.69) is 4.74 Å². The van der Waals surface area contributed by atoms with Crippen molar-refractivity contribution in [3.8, 4) is 5.75 Å².